The second kappa shape index (κ2) is 6.70. The Morgan fingerprint density at radius 1 is 1.40 bits per heavy atom. The Labute approximate surface area is 119 Å². The standard InChI is InChI=1S/C15H22N2O3/c1-11(13-5-3-4-6-13)16-10-12-7-14(17(18)19)9-15(8-12)20-2/h7-9,11,13,16H,3-6,10H2,1-2H3/t11-/m1/s1. The van der Waals surface area contributed by atoms with Gasteiger partial charge in [-0.2, -0.15) is 0 Å². The smallest absolute Gasteiger partial charge is 0.273 e. The van der Waals surface area contributed by atoms with Gasteiger partial charge >= 0.3 is 0 Å². The largest absolute Gasteiger partial charge is 0.496 e. The van der Waals surface area contributed by atoms with Crippen LogP contribution in [0.25, 0.3) is 0 Å². The van der Waals surface area contributed by atoms with E-state index in [2.05, 4.69) is 12.2 Å². The van der Waals surface area contributed by atoms with Gasteiger partial charge in [0.1, 0.15) is 5.75 Å². The van der Waals surface area contributed by atoms with Crippen LogP contribution in [0.5, 0.6) is 5.75 Å². The van der Waals surface area contributed by atoms with E-state index in [0.717, 1.165) is 11.5 Å². The number of ether oxygens (including phenoxy) is 1. The van der Waals surface area contributed by atoms with Crippen LogP contribution < -0.4 is 10.1 Å². The number of methoxy groups -OCH3 is 1. The van der Waals surface area contributed by atoms with Crippen LogP contribution in [0.4, 0.5) is 5.69 Å². The highest BCUT2D eigenvalue weighted by Gasteiger charge is 2.21. The molecule has 1 atom stereocenters. The number of nitro groups is 1. The van der Waals surface area contributed by atoms with E-state index in [1.165, 1.54) is 38.9 Å². The molecule has 1 N–H and O–H groups in total. The van der Waals surface area contributed by atoms with Crippen LogP contribution in [0, 0.1) is 16.0 Å². The topological polar surface area (TPSA) is 64.4 Å². The Hall–Kier alpha value is -1.62. The molecule has 2 rings (SSSR count). The third kappa shape index (κ3) is 3.70. The first kappa shape index (κ1) is 14.8. The quantitative estimate of drug-likeness (QED) is 0.640. The summed E-state index contributed by atoms with van der Waals surface area (Å²) in [4.78, 5) is 10.5. The highest BCUT2D eigenvalue weighted by Crippen LogP contribution is 2.28. The molecule has 0 amide bonds. The summed E-state index contributed by atoms with van der Waals surface area (Å²) in [6.07, 6.45) is 5.21. The summed E-state index contributed by atoms with van der Waals surface area (Å²) >= 11 is 0. The molecule has 1 aliphatic carbocycles. The van der Waals surface area contributed by atoms with Crippen molar-refractivity contribution >= 4 is 5.69 Å². The summed E-state index contributed by atoms with van der Waals surface area (Å²) in [6, 6.07) is 5.35. The first-order valence-electron chi connectivity index (χ1n) is 7.16. The first-order valence-corrected chi connectivity index (χ1v) is 7.16. The molecular weight excluding hydrogens is 256 g/mol. The van der Waals surface area contributed by atoms with Gasteiger partial charge in [-0.1, -0.05) is 12.8 Å². The zero-order chi connectivity index (χ0) is 14.5. The Bertz CT molecular complexity index is 470. The van der Waals surface area contributed by atoms with E-state index in [-0.39, 0.29) is 10.6 Å². The van der Waals surface area contributed by atoms with Gasteiger partial charge < -0.3 is 10.1 Å². The molecule has 20 heavy (non-hydrogen) atoms. The Morgan fingerprint density at radius 3 is 2.70 bits per heavy atom. The Morgan fingerprint density at radius 2 is 2.10 bits per heavy atom. The number of hydrogen-bond donors (Lipinski definition) is 1. The van der Waals surface area contributed by atoms with Crippen molar-refractivity contribution in [1.29, 1.82) is 0 Å². The molecular formula is C15H22N2O3. The Balaban J connectivity index is 2.00. The van der Waals surface area contributed by atoms with Crippen molar-refractivity contribution in [3.05, 3.63) is 33.9 Å². The summed E-state index contributed by atoms with van der Waals surface area (Å²) in [6.45, 7) is 2.83. The number of non-ortho nitro benzene ring substituents is 1. The van der Waals surface area contributed by atoms with E-state index in [1.54, 1.807) is 6.07 Å². The van der Waals surface area contributed by atoms with Crippen molar-refractivity contribution < 1.29 is 9.66 Å². The number of rotatable bonds is 6. The van der Waals surface area contributed by atoms with Crippen molar-refractivity contribution in [2.24, 2.45) is 5.92 Å². The minimum Gasteiger partial charge on any atom is -0.496 e. The minimum atomic E-state index is -0.383. The van der Waals surface area contributed by atoms with Gasteiger partial charge in [-0.3, -0.25) is 10.1 Å². The summed E-state index contributed by atoms with van der Waals surface area (Å²) in [7, 11) is 1.53. The number of nitro benzene ring substituents is 1. The second-order valence-corrected chi connectivity index (χ2v) is 5.51. The van der Waals surface area contributed by atoms with Crippen LogP contribution in [0.3, 0.4) is 0 Å². The van der Waals surface area contributed by atoms with Crippen molar-refractivity contribution in [2.45, 2.75) is 45.2 Å². The molecule has 0 spiro atoms. The van der Waals surface area contributed by atoms with E-state index in [0.29, 0.717) is 18.3 Å². The number of hydrogen-bond acceptors (Lipinski definition) is 4. The summed E-state index contributed by atoms with van der Waals surface area (Å²) in [5.74, 6) is 1.26. The van der Waals surface area contributed by atoms with E-state index < -0.39 is 0 Å². The van der Waals surface area contributed by atoms with E-state index in [4.69, 9.17) is 4.74 Å². The lowest BCUT2D eigenvalue weighted by Gasteiger charge is -2.20. The molecule has 1 aromatic rings. The first-order chi connectivity index (χ1) is 9.60. The fourth-order valence-electron chi connectivity index (χ4n) is 2.87. The van der Waals surface area contributed by atoms with Gasteiger partial charge in [0.25, 0.3) is 5.69 Å². The molecule has 0 unspecified atom stereocenters. The van der Waals surface area contributed by atoms with Crippen LogP contribution in [0.2, 0.25) is 0 Å². The molecule has 1 saturated carbocycles. The third-order valence-corrected chi connectivity index (χ3v) is 4.13. The third-order valence-electron chi connectivity index (χ3n) is 4.13. The molecule has 1 fully saturated rings. The van der Waals surface area contributed by atoms with Crippen LogP contribution in [0.15, 0.2) is 18.2 Å². The fraction of sp³-hybridized carbons (Fsp3) is 0.600. The van der Waals surface area contributed by atoms with Crippen LogP contribution in [-0.4, -0.2) is 18.1 Å². The summed E-state index contributed by atoms with van der Waals surface area (Å²) < 4.78 is 5.12. The predicted octanol–water partition coefficient (Wildman–Crippen LogP) is 3.27. The van der Waals surface area contributed by atoms with E-state index in [1.807, 2.05) is 6.07 Å². The molecule has 1 aromatic carbocycles. The number of nitrogens with one attached hydrogen (secondary N) is 1. The molecule has 0 saturated heterocycles. The van der Waals surface area contributed by atoms with E-state index in [9.17, 15) is 10.1 Å². The van der Waals surface area contributed by atoms with Crippen molar-refractivity contribution in [1.82, 2.24) is 5.32 Å². The van der Waals surface area contributed by atoms with Crippen molar-refractivity contribution in [3.8, 4) is 5.75 Å². The molecule has 0 heterocycles. The number of nitrogens with zero attached hydrogens (tertiary/aromatic N) is 1. The van der Waals surface area contributed by atoms with Gasteiger partial charge in [-0.15, -0.1) is 0 Å². The maximum atomic E-state index is 10.9. The van der Waals surface area contributed by atoms with E-state index >= 15 is 0 Å². The van der Waals surface area contributed by atoms with Crippen LogP contribution in [-0.2, 0) is 6.54 Å². The second-order valence-electron chi connectivity index (χ2n) is 5.51. The van der Waals surface area contributed by atoms with Gasteiger partial charge in [0, 0.05) is 18.7 Å². The Kier molecular flexibility index (Phi) is 4.95. The van der Waals surface area contributed by atoms with Gasteiger partial charge in [0.2, 0.25) is 0 Å². The van der Waals surface area contributed by atoms with Crippen molar-refractivity contribution in [2.75, 3.05) is 7.11 Å². The molecule has 0 aliphatic heterocycles. The van der Waals surface area contributed by atoms with Crippen molar-refractivity contribution in [3.63, 3.8) is 0 Å². The van der Waals surface area contributed by atoms with Gasteiger partial charge in [0.15, 0.2) is 0 Å². The maximum Gasteiger partial charge on any atom is 0.273 e. The molecule has 5 heteroatoms. The highest BCUT2D eigenvalue weighted by molar-refractivity contribution is 5.42. The average molecular weight is 278 g/mol. The monoisotopic (exact) mass is 278 g/mol. The maximum absolute atomic E-state index is 10.9. The predicted molar refractivity (Wildman–Crippen MR) is 77.9 cm³/mol. The molecule has 0 aromatic heterocycles. The molecule has 0 bridgehead atoms. The molecule has 0 radical (unpaired) electrons. The lowest BCUT2D eigenvalue weighted by molar-refractivity contribution is -0.385. The van der Waals surface area contributed by atoms with Gasteiger partial charge in [-0.25, -0.2) is 0 Å². The highest BCUT2D eigenvalue weighted by atomic mass is 16.6. The van der Waals surface area contributed by atoms with Gasteiger partial charge in [0.05, 0.1) is 18.1 Å². The molecule has 1 aliphatic rings. The fourth-order valence-corrected chi connectivity index (χ4v) is 2.87. The lowest BCUT2D eigenvalue weighted by Crippen LogP contribution is -2.31. The normalized spacial score (nSPS) is 17.1. The number of benzene rings is 1. The average Bonchev–Trinajstić information content (AvgIpc) is 2.98. The minimum absolute atomic E-state index is 0.0784. The summed E-state index contributed by atoms with van der Waals surface area (Å²) in [5.41, 5.74) is 0.968. The van der Waals surface area contributed by atoms with Gasteiger partial charge in [-0.05, 0) is 37.3 Å². The SMILES string of the molecule is COc1cc(CN[C@H](C)C2CCCC2)cc([N+](=O)[O-])c1. The summed E-state index contributed by atoms with van der Waals surface area (Å²) in [5, 5.41) is 14.4. The lowest BCUT2D eigenvalue weighted by atomic mass is 9.99. The van der Waals surface area contributed by atoms with Crippen LogP contribution in [0.1, 0.15) is 38.2 Å². The zero-order valence-electron chi connectivity index (χ0n) is 12.1. The molecule has 5 nitrogen and oxygen atoms in total. The van der Waals surface area contributed by atoms with Crippen LogP contribution >= 0.6 is 0 Å². The zero-order valence-corrected chi connectivity index (χ0v) is 12.1. The molecule has 110 valence electrons.